The third-order valence-corrected chi connectivity index (χ3v) is 3.44. The van der Waals surface area contributed by atoms with Gasteiger partial charge in [0.2, 0.25) is 11.8 Å². The van der Waals surface area contributed by atoms with Crippen LogP contribution in [0.5, 0.6) is 0 Å². The van der Waals surface area contributed by atoms with Crippen LogP contribution in [0, 0.1) is 0 Å². The molecular weight excluding hydrogens is 310 g/mol. The first-order chi connectivity index (χ1) is 11.2. The van der Waals surface area contributed by atoms with Gasteiger partial charge in [0.15, 0.2) is 5.58 Å². The van der Waals surface area contributed by atoms with Crippen molar-refractivity contribution in [1.82, 2.24) is 14.8 Å². The number of aryl methyl sites for hydroxylation is 1. The molecule has 1 heterocycles. The Morgan fingerprint density at radius 3 is 2.58 bits per heavy atom. The minimum Gasteiger partial charge on any atom is -0.408 e. The Labute approximate surface area is 140 Å². The van der Waals surface area contributed by atoms with Crippen LogP contribution in [-0.2, 0) is 16.1 Å². The lowest BCUT2D eigenvalue weighted by atomic mass is 10.1. The van der Waals surface area contributed by atoms with Crippen LogP contribution in [0.1, 0.15) is 27.2 Å². The van der Waals surface area contributed by atoms with Crippen LogP contribution in [-0.4, -0.2) is 40.4 Å². The molecule has 0 bridgehead atoms. The zero-order valence-electron chi connectivity index (χ0n) is 14.5. The maximum absolute atomic E-state index is 12.2. The van der Waals surface area contributed by atoms with Gasteiger partial charge in [-0.05, 0) is 32.9 Å². The van der Waals surface area contributed by atoms with Crippen molar-refractivity contribution in [2.24, 2.45) is 0 Å². The van der Waals surface area contributed by atoms with E-state index in [1.54, 1.807) is 31.3 Å². The van der Waals surface area contributed by atoms with E-state index in [4.69, 9.17) is 4.42 Å². The Balaban J connectivity index is 1.96. The quantitative estimate of drug-likeness (QED) is 0.895. The van der Waals surface area contributed by atoms with Gasteiger partial charge in [-0.25, -0.2) is 4.79 Å². The number of nitrogens with zero attached hydrogens (tertiary/aromatic N) is 2. The van der Waals surface area contributed by atoms with Crippen LogP contribution >= 0.6 is 0 Å². The first-order valence-corrected chi connectivity index (χ1v) is 7.81. The van der Waals surface area contributed by atoms with Gasteiger partial charge in [0.25, 0.3) is 0 Å². The highest BCUT2D eigenvalue weighted by Gasteiger charge is 2.18. The molecule has 0 saturated heterocycles. The lowest BCUT2D eigenvalue weighted by Crippen LogP contribution is -2.46. The average molecular weight is 333 g/mol. The fraction of sp³-hybridized carbons (Fsp3) is 0.471. The molecule has 0 fully saturated rings. The topological polar surface area (TPSA) is 84.5 Å². The maximum atomic E-state index is 12.2. The second-order valence-corrected chi connectivity index (χ2v) is 6.79. The number of para-hydroxylation sites is 2. The molecule has 0 unspecified atom stereocenters. The molecule has 1 aromatic heterocycles. The van der Waals surface area contributed by atoms with Gasteiger partial charge in [-0.1, -0.05) is 12.1 Å². The van der Waals surface area contributed by atoms with Crippen molar-refractivity contribution >= 4 is 22.9 Å². The van der Waals surface area contributed by atoms with E-state index in [2.05, 4.69) is 5.32 Å². The third-order valence-electron chi connectivity index (χ3n) is 3.44. The molecule has 24 heavy (non-hydrogen) atoms. The maximum Gasteiger partial charge on any atom is 0.419 e. The molecule has 2 amide bonds. The SMILES string of the molecule is CN(CC(=O)NC(C)(C)C)C(=O)CCn1c(=O)oc2ccccc21. The van der Waals surface area contributed by atoms with Crippen LogP contribution in [0.15, 0.2) is 33.5 Å². The Morgan fingerprint density at radius 2 is 1.92 bits per heavy atom. The third kappa shape index (κ3) is 4.47. The highest BCUT2D eigenvalue weighted by Crippen LogP contribution is 2.12. The minimum absolute atomic E-state index is 0.0167. The number of aromatic nitrogens is 1. The Morgan fingerprint density at radius 1 is 1.25 bits per heavy atom. The smallest absolute Gasteiger partial charge is 0.408 e. The van der Waals surface area contributed by atoms with E-state index >= 15 is 0 Å². The molecule has 1 N–H and O–H groups in total. The summed E-state index contributed by atoms with van der Waals surface area (Å²) in [6.45, 7) is 5.83. The monoisotopic (exact) mass is 333 g/mol. The van der Waals surface area contributed by atoms with Crippen molar-refractivity contribution in [3.8, 4) is 0 Å². The summed E-state index contributed by atoms with van der Waals surface area (Å²) >= 11 is 0. The number of hydrogen-bond acceptors (Lipinski definition) is 4. The van der Waals surface area contributed by atoms with Gasteiger partial charge >= 0.3 is 5.76 Å². The summed E-state index contributed by atoms with van der Waals surface area (Å²) in [4.78, 5) is 37.3. The molecule has 0 spiro atoms. The standard InChI is InChI=1S/C17H23N3O4/c1-17(2,3)18-14(21)11-19(4)15(22)9-10-20-12-7-5-6-8-13(12)24-16(20)23/h5-8H,9-11H2,1-4H3,(H,18,21). The highest BCUT2D eigenvalue weighted by molar-refractivity contribution is 5.85. The van der Waals surface area contributed by atoms with Crippen molar-refractivity contribution in [2.45, 2.75) is 39.3 Å². The van der Waals surface area contributed by atoms with E-state index in [9.17, 15) is 14.4 Å². The van der Waals surface area contributed by atoms with Crippen LogP contribution in [0.4, 0.5) is 0 Å². The molecule has 130 valence electrons. The molecule has 7 heteroatoms. The number of carbonyl (C=O) groups is 2. The van der Waals surface area contributed by atoms with Crippen molar-refractivity contribution in [3.63, 3.8) is 0 Å². The first-order valence-electron chi connectivity index (χ1n) is 7.81. The van der Waals surface area contributed by atoms with Gasteiger partial charge in [-0.3, -0.25) is 14.2 Å². The van der Waals surface area contributed by atoms with Crippen molar-refractivity contribution in [1.29, 1.82) is 0 Å². The van der Waals surface area contributed by atoms with Gasteiger partial charge in [0, 0.05) is 25.6 Å². The number of benzene rings is 1. The van der Waals surface area contributed by atoms with E-state index in [-0.39, 0.29) is 36.9 Å². The molecule has 7 nitrogen and oxygen atoms in total. The number of oxazole rings is 1. The van der Waals surface area contributed by atoms with Gasteiger partial charge in [-0.2, -0.15) is 0 Å². The normalized spacial score (nSPS) is 11.5. The summed E-state index contributed by atoms with van der Waals surface area (Å²) < 4.78 is 6.56. The fourth-order valence-electron chi connectivity index (χ4n) is 2.39. The number of fused-ring (bicyclic) bond motifs is 1. The molecule has 0 atom stereocenters. The summed E-state index contributed by atoms with van der Waals surface area (Å²) in [6.07, 6.45) is 0.114. The average Bonchev–Trinajstić information content (AvgIpc) is 2.78. The molecule has 2 rings (SSSR count). The number of amides is 2. The zero-order valence-corrected chi connectivity index (χ0v) is 14.5. The van der Waals surface area contributed by atoms with E-state index in [1.807, 2.05) is 20.8 Å². The highest BCUT2D eigenvalue weighted by atomic mass is 16.4. The Kier molecular flexibility index (Phi) is 5.11. The predicted octanol–water partition coefficient (Wildman–Crippen LogP) is 1.36. The van der Waals surface area contributed by atoms with Crippen molar-refractivity contribution in [2.75, 3.05) is 13.6 Å². The van der Waals surface area contributed by atoms with Gasteiger partial charge in [0.05, 0.1) is 12.1 Å². The summed E-state index contributed by atoms with van der Waals surface area (Å²) in [6, 6.07) is 7.06. The fourth-order valence-corrected chi connectivity index (χ4v) is 2.39. The summed E-state index contributed by atoms with van der Waals surface area (Å²) in [5, 5.41) is 2.80. The molecule has 0 radical (unpaired) electrons. The van der Waals surface area contributed by atoms with Crippen LogP contribution in [0.3, 0.4) is 0 Å². The molecule has 0 saturated carbocycles. The van der Waals surface area contributed by atoms with E-state index in [0.717, 1.165) is 0 Å². The summed E-state index contributed by atoms with van der Waals surface area (Å²) in [5.41, 5.74) is 0.806. The van der Waals surface area contributed by atoms with Crippen molar-refractivity contribution in [3.05, 3.63) is 34.8 Å². The number of carbonyl (C=O) groups excluding carboxylic acids is 2. The molecule has 0 aliphatic heterocycles. The summed E-state index contributed by atoms with van der Waals surface area (Å²) in [5.74, 6) is -0.919. The second-order valence-electron chi connectivity index (χ2n) is 6.79. The summed E-state index contributed by atoms with van der Waals surface area (Å²) in [7, 11) is 1.57. The van der Waals surface area contributed by atoms with Crippen LogP contribution < -0.4 is 11.1 Å². The number of hydrogen-bond donors (Lipinski definition) is 1. The molecular formula is C17H23N3O4. The first kappa shape index (κ1) is 17.8. The molecule has 2 aromatic rings. The van der Waals surface area contributed by atoms with Gasteiger partial charge in [0.1, 0.15) is 0 Å². The van der Waals surface area contributed by atoms with E-state index in [1.165, 1.54) is 9.47 Å². The zero-order chi connectivity index (χ0) is 17.9. The lowest BCUT2D eigenvalue weighted by molar-refractivity contribution is -0.135. The number of rotatable bonds is 5. The van der Waals surface area contributed by atoms with Gasteiger partial charge < -0.3 is 14.6 Å². The second kappa shape index (κ2) is 6.90. The van der Waals surface area contributed by atoms with Crippen molar-refractivity contribution < 1.29 is 14.0 Å². The Hall–Kier alpha value is -2.57. The molecule has 1 aromatic carbocycles. The van der Waals surface area contributed by atoms with E-state index in [0.29, 0.717) is 11.1 Å². The Bertz CT molecular complexity index is 798. The van der Waals surface area contributed by atoms with E-state index < -0.39 is 5.76 Å². The van der Waals surface area contributed by atoms with Gasteiger partial charge in [-0.15, -0.1) is 0 Å². The molecule has 0 aliphatic carbocycles. The molecule has 0 aliphatic rings. The lowest BCUT2D eigenvalue weighted by Gasteiger charge is -2.23. The van der Waals surface area contributed by atoms with Crippen LogP contribution in [0.25, 0.3) is 11.1 Å². The minimum atomic E-state index is -0.489. The van der Waals surface area contributed by atoms with Crippen LogP contribution in [0.2, 0.25) is 0 Å². The number of nitrogens with one attached hydrogen (secondary N) is 1. The predicted molar refractivity (Wildman–Crippen MR) is 90.6 cm³/mol. The largest absolute Gasteiger partial charge is 0.419 e. The number of likely N-dealkylation sites (N-methyl/N-ethyl adjacent to an activating group) is 1.